The monoisotopic (exact) mass is 333 g/mol. The Labute approximate surface area is 149 Å². The molecule has 0 fully saturated rings. The van der Waals surface area contributed by atoms with Crippen LogP contribution in [0.3, 0.4) is 0 Å². The highest BCUT2D eigenvalue weighted by Crippen LogP contribution is 2.42. The molecular formula is C20H22BN2O2. The minimum atomic E-state index is -0.521. The Morgan fingerprint density at radius 2 is 2.28 bits per heavy atom. The summed E-state index contributed by atoms with van der Waals surface area (Å²) in [6.45, 7) is 3.79. The second-order valence-electron chi connectivity index (χ2n) is 7.41. The zero-order chi connectivity index (χ0) is 18.0. The highest BCUT2D eigenvalue weighted by Gasteiger charge is 2.40. The van der Waals surface area contributed by atoms with Crippen LogP contribution >= 0.6 is 0 Å². The molecule has 1 aromatic rings. The van der Waals surface area contributed by atoms with Crippen LogP contribution in [0.1, 0.15) is 42.9 Å². The van der Waals surface area contributed by atoms with Crippen molar-refractivity contribution >= 4 is 19.2 Å². The van der Waals surface area contributed by atoms with Crippen LogP contribution in [0.15, 0.2) is 34.5 Å². The van der Waals surface area contributed by atoms with E-state index in [1.165, 1.54) is 0 Å². The summed E-state index contributed by atoms with van der Waals surface area (Å²) in [4.78, 5) is 17.3. The van der Waals surface area contributed by atoms with Crippen molar-refractivity contribution in [2.24, 2.45) is 10.9 Å². The second-order valence-corrected chi connectivity index (χ2v) is 7.41. The van der Waals surface area contributed by atoms with Gasteiger partial charge in [-0.15, -0.1) is 0 Å². The quantitative estimate of drug-likeness (QED) is 0.864. The van der Waals surface area contributed by atoms with Gasteiger partial charge in [0.25, 0.3) is 0 Å². The fourth-order valence-electron chi connectivity index (χ4n) is 3.78. The van der Waals surface area contributed by atoms with Crippen molar-refractivity contribution in [2.45, 2.75) is 44.8 Å². The number of hydrogen-bond acceptors (Lipinski definition) is 4. The van der Waals surface area contributed by atoms with Gasteiger partial charge in [-0.25, -0.2) is 0 Å². The summed E-state index contributed by atoms with van der Waals surface area (Å²) in [5.74, 6) is 0.122. The number of carbonyl (C=O) groups is 1. The van der Waals surface area contributed by atoms with Crippen LogP contribution in [0.25, 0.3) is 0 Å². The van der Waals surface area contributed by atoms with Gasteiger partial charge < -0.3 is 9.90 Å². The number of rotatable bonds is 3. The number of aryl methyl sites for hydroxylation is 1. The van der Waals surface area contributed by atoms with E-state index >= 15 is 0 Å². The molecule has 0 aromatic heterocycles. The third-order valence-corrected chi connectivity index (χ3v) is 5.18. The van der Waals surface area contributed by atoms with Crippen LogP contribution < -0.4 is 0 Å². The molecule has 2 aliphatic rings. The topological polar surface area (TPSA) is 73.4 Å². The number of hydrogen-bond donors (Lipinski definition) is 1. The average molecular weight is 333 g/mol. The summed E-state index contributed by atoms with van der Waals surface area (Å²) in [7, 11) is 1.67. The highest BCUT2D eigenvalue weighted by atomic mass is 16.3. The average Bonchev–Trinajstić information content (AvgIpc) is 2.77. The maximum absolute atomic E-state index is 12.8. The van der Waals surface area contributed by atoms with Gasteiger partial charge >= 0.3 is 0 Å². The molecule has 5 heteroatoms. The molecule has 0 saturated carbocycles. The van der Waals surface area contributed by atoms with Crippen molar-refractivity contribution in [1.82, 2.24) is 0 Å². The largest absolute Gasteiger partial charge is 0.397 e. The van der Waals surface area contributed by atoms with Gasteiger partial charge in [0.1, 0.15) is 5.68 Å². The first-order valence-corrected chi connectivity index (χ1v) is 8.72. The van der Waals surface area contributed by atoms with E-state index in [4.69, 9.17) is 5.26 Å². The summed E-state index contributed by atoms with van der Waals surface area (Å²) in [6.07, 6.45) is 5.00. The maximum Gasteiger partial charge on any atom is 0.218 e. The predicted octanol–water partition coefficient (Wildman–Crippen LogP) is 2.95. The molecule has 2 unspecified atom stereocenters. The number of aliphatic hydroxyl groups excluding tert-OH is 1. The van der Waals surface area contributed by atoms with Gasteiger partial charge in [-0.3, -0.25) is 4.99 Å². The number of benzene rings is 1. The van der Waals surface area contributed by atoms with Crippen LogP contribution in [0.2, 0.25) is 5.31 Å². The molecule has 0 aliphatic carbocycles. The molecule has 1 radical (unpaired) electrons. The van der Waals surface area contributed by atoms with Crippen molar-refractivity contribution in [2.75, 3.05) is 6.61 Å². The summed E-state index contributed by atoms with van der Waals surface area (Å²) in [5.41, 5.74) is 4.44. The minimum Gasteiger partial charge on any atom is -0.397 e. The Hall–Kier alpha value is -2.19. The van der Waals surface area contributed by atoms with Gasteiger partial charge in [0, 0.05) is 24.1 Å². The fraction of sp³-hybridized carbons (Fsp3) is 0.450. The lowest BCUT2D eigenvalue weighted by atomic mass is 9.44. The first kappa shape index (κ1) is 17.6. The smallest absolute Gasteiger partial charge is 0.218 e. The molecule has 1 N–H and O–H groups in total. The van der Waals surface area contributed by atoms with Crippen LogP contribution in [0.5, 0.6) is 0 Å². The van der Waals surface area contributed by atoms with Gasteiger partial charge in [0.15, 0.2) is 0 Å². The molecule has 25 heavy (non-hydrogen) atoms. The predicted molar refractivity (Wildman–Crippen MR) is 98.7 cm³/mol. The third kappa shape index (κ3) is 3.59. The van der Waals surface area contributed by atoms with Crippen LogP contribution in [-0.2, 0) is 11.2 Å². The Balaban J connectivity index is 1.91. The molecule has 0 saturated heterocycles. The lowest BCUT2D eigenvalue weighted by molar-refractivity contribution is -0.109. The Morgan fingerprint density at radius 3 is 2.96 bits per heavy atom. The molecule has 1 aromatic carbocycles. The van der Waals surface area contributed by atoms with Gasteiger partial charge in [0.05, 0.1) is 11.6 Å². The summed E-state index contributed by atoms with van der Waals surface area (Å²) in [6, 6.07) is 8.06. The van der Waals surface area contributed by atoms with E-state index in [1.54, 1.807) is 7.28 Å². The van der Waals surface area contributed by atoms with Crippen LogP contribution in [0.4, 0.5) is 0 Å². The Kier molecular flexibility index (Phi) is 4.92. The normalized spacial score (nSPS) is 25.8. The van der Waals surface area contributed by atoms with Crippen LogP contribution in [0, 0.1) is 24.2 Å². The summed E-state index contributed by atoms with van der Waals surface area (Å²) in [5, 5.41) is 18.2. The molecule has 0 bridgehead atoms. The second kappa shape index (κ2) is 6.97. The minimum absolute atomic E-state index is 0.00668. The first-order valence-electron chi connectivity index (χ1n) is 8.72. The van der Waals surface area contributed by atoms with Crippen molar-refractivity contribution in [3.05, 3.63) is 46.2 Å². The van der Waals surface area contributed by atoms with Gasteiger partial charge in [-0.05, 0) is 61.0 Å². The highest BCUT2D eigenvalue weighted by molar-refractivity contribution is 6.80. The van der Waals surface area contributed by atoms with E-state index in [0.717, 1.165) is 41.7 Å². The molecule has 127 valence electrons. The zero-order valence-electron chi connectivity index (χ0n) is 14.7. The summed E-state index contributed by atoms with van der Waals surface area (Å²) < 4.78 is 0. The SMILES string of the molecule is Cc1cc(CC2CCC=NC3=C2C(=O)[B]C(C)(CO)C3)ccc1C#N. The zero-order valence-corrected chi connectivity index (χ0v) is 14.7. The Morgan fingerprint density at radius 1 is 1.48 bits per heavy atom. The number of aliphatic hydroxyl groups is 1. The first-order chi connectivity index (χ1) is 12.0. The molecule has 3 rings (SSSR count). The Bertz CT molecular complexity index is 806. The van der Waals surface area contributed by atoms with Crippen molar-refractivity contribution in [1.29, 1.82) is 5.26 Å². The van der Waals surface area contributed by atoms with E-state index in [-0.39, 0.29) is 18.2 Å². The van der Waals surface area contributed by atoms with E-state index in [1.807, 2.05) is 38.3 Å². The van der Waals surface area contributed by atoms with Gasteiger partial charge in [0.2, 0.25) is 7.28 Å². The number of aliphatic imine (C=N–C) groups is 1. The van der Waals surface area contributed by atoms with E-state index in [0.29, 0.717) is 12.0 Å². The number of nitrogens with zero attached hydrogens (tertiary/aromatic N) is 2. The number of nitriles is 1. The molecule has 0 amide bonds. The lowest BCUT2D eigenvalue weighted by Crippen LogP contribution is -2.36. The fourth-order valence-corrected chi connectivity index (χ4v) is 3.78. The van der Waals surface area contributed by atoms with Crippen molar-refractivity contribution in [3.63, 3.8) is 0 Å². The summed E-state index contributed by atoms with van der Waals surface area (Å²) >= 11 is 0. The van der Waals surface area contributed by atoms with E-state index < -0.39 is 5.31 Å². The van der Waals surface area contributed by atoms with E-state index in [2.05, 4.69) is 11.1 Å². The third-order valence-electron chi connectivity index (χ3n) is 5.18. The lowest BCUT2D eigenvalue weighted by Gasteiger charge is -2.33. The van der Waals surface area contributed by atoms with Crippen LogP contribution in [-0.4, -0.2) is 30.9 Å². The number of carbonyl (C=O) groups excluding carboxylic acids is 1. The standard InChI is InChI=1S/C20H22BN2O2/c1-13-8-14(5-6-16(13)11-22)9-15-4-3-7-23-17-10-20(2,12-24)21-19(25)18(15)17/h5-8,15,24H,3-4,9-10,12H2,1-2H3. The molecule has 2 atom stereocenters. The molecule has 4 nitrogen and oxygen atoms in total. The van der Waals surface area contributed by atoms with Crippen molar-refractivity contribution < 1.29 is 9.90 Å². The van der Waals surface area contributed by atoms with Crippen molar-refractivity contribution in [3.8, 4) is 6.07 Å². The molecule has 2 heterocycles. The molecule has 2 aliphatic heterocycles. The van der Waals surface area contributed by atoms with Gasteiger partial charge in [-0.1, -0.05) is 19.1 Å². The number of allylic oxidation sites excluding steroid dienone is 2. The maximum atomic E-state index is 12.8. The van der Waals surface area contributed by atoms with E-state index in [9.17, 15) is 9.90 Å². The molecule has 0 spiro atoms. The molecular weight excluding hydrogens is 311 g/mol. The van der Waals surface area contributed by atoms with Gasteiger partial charge in [-0.2, -0.15) is 5.26 Å².